The zero-order valence-electron chi connectivity index (χ0n) is 10.8. The highest BCUT2D eigenvalue weighted by atomic mass is 35.5. The molecule has 1 aromatic carbocycles. The molecule has 0 saturated carbocycles. The lowest BCUT2D eigenvalue weighted by Crippen LogP contribution is -2.33. The number of nitrogens with one attached hydrogen (secondary N) is 1. The number of carbonyl (C=O) groups is 1. The predicted octanol–water partition coefficient (Wildman–Crippen LogP) is 1.89. The molecule has 1 heterocycles. The third-order valence-corrected chi connectivity index (χ3v) is 3.62. The second-order valence-electron chi connectivity index (χ2n) is 4.80. The van der Waals surface area contributed by atoms with Crippen LogP contribution in [-0.2, 0) is 11.2 Å². The Kier molecular flexibility index (Phi) is 5.31. The summed E-state index contributed by atoms with van der Waals surface area (Å²) in [5, 5.41) is 3.61. The number of ketones is 1. The van der Waals surface area contributed by atoms with Crippen molar-refractivity contribution in [3.8, 4) is 0 Å². The zero-order valence-corrected chi connectivity index (χ0v) is 11.5. The van der Waals surface area contributed by atoms with E-state index in [-0.39, 0.29) is 12.2 Å². The Morgan fingerprint density at radius 3 is 3.00 bits per heavy atom. The molecule has 5 heteroatoms. The summed E-state index contributed by atoms with van der Waals surface area (Å²) in [6, 6.07) is 4.50. The van der Waals surface area contributed by atoms with Crippen LogP contribution in [0.2, 0.25) is 5.02 Å². The molecule has 0 unspecified atom stereocenters. The van der Waals surface area contributed by atoms with Crippen molar-refractivity contribution in [3.05, 3.63) is 34.6 Å². The molecular weight excluding hydrogens is 267 g/mol. The van der Waals surface area contributed by atoms with Crippen LogP contribution in [-0.4, -0.2) is 43.4 Å². The van der Waals surface area contributed by atoms with Crippen LogP contribution in [0.4, 0.5) is 4.39 Å². The number of hydrogen-bond donors (Lipinski definition) is 1. The van der Waals surface area contributed by atoms with Crippen molar-refractivity contribution in [2.24, 2.45) is 0 Å². The number of nitrogens with zero attached hydrogens (tertiary/aromatic N) is 1. The smallest absolute Gasteiger partial charge is 0.151 e. The van der Waals surface area contributed by atoms with Crippen molar-refractivity contribution in [1.82, 2.24) is 10.2 Å². The lowest BCUT2D eigenvalue weighted by molar-refractivity contribution is -0.119. The topological polar surface area (TPSA) is 32.3 Å². The van der Waals surface area contributed by atoms with Crippen LogP contribution in [0, 0.1) is 5.82 Å². The highest BCUT2D eigenvalue weighted by molar-refractivity contribution is 6.31. The van der Waals surface area contributed by atoms with E-state index >= 15 is 0 Å². The van der Waals surface area contributed by atoms with Gasteiger partial charge >= 0.3 is 0 Å². The molecule has 1 saturated heterocycles. The predicted molar refractivity (Wildman–Crippen MR) is 74.0 cm³/mol. The Morgan fingerprint density at radius 1 is 1.37 bits per heavy atom. The summed E-state index contributed by atoms with van der Waals surface area (Å²) in [5.41, 5.74) is 0.308. The summed E-state index contributed by atoms with van der Waals surface area (Å²) in [5.74, 6) is -0.396. The van der Waals surface area contributed by atoms with Crippen molar-refractivity contribution in [2.45, 2.75) is 12.8 Å². The maximum atomic E-state index is 13.6. The molecule has 0 radical (unpaired) electrons. The van der Waals surface area contributed by atoms with E-state index in [1.807, 2.05) is 0 Å². The van der Waals surface area contributed by atoms with Crippen LogP contribution < -0.4 is 5.32 Å². The average molecular weight is 285 g/mol. The zero-order chi connectivity index (χ0) is 13.7. The normalized spacial score (nSPS) is 17.2. The summed E-state index contributed by atoms with van der Waals surface area (Å²) in [4.78, 5) is 14.1. The Bertz CT molecular complexity index is 425. The van der Waals surface area contributed by atoms with E-state index in [1.54, 1.807) is 12.1 Å². The molecule has 0 bridgehead atoms. The van der Waals surface area contributed by atoms with Gasteiger partial charge in [0.15, 0.2) is 5.78 Å². The molecule has 1 fully saturated rings. The Hall–Kier alpha value is -0.970. The van der Waals surface area contributed by atoms with Crippen LogP contribution in [0.25, 0.3) is 0 Å². The standard InChI is InChI=1S/C14H18ClFN2O/c15-13-3-1-4-14(16)12(13)9-11(19)10-18-7-2-5-17-6-8-18/h1,3-4,17H,2,5-10H2. The Labute approximate surface area is 117 Å². The molecule has 0 aliphatic carbocycles. The molecule has 104 valence electrons. The number of Topliss-reactive ketones (excluding diaryl/α,β-unsaturated/α-hetero) is 1. The molecule has 0 atom stereocenters. The van der Waals surface area contributed by atoms with Gasteiger partial charge in [0.25, 0.3) is 0 Å². The summed E-state index contributed by atoms with van der Waals surface area (Å²) >= 11 is 5.93. The molecule has 3 nitrogen and oxygen atoms in total. The first-order chi connectivity index (χ1) is 9.16. The lowest BCUT2D eigenvalue weighted by Gasteiger charge is -2.18. The van der Waals surface area contributed by atoms with Crippen molar-refractivity contribution in [2.75, 3.05) is 32.7 Å². The molecule has 1 aromatic rings. The van der Waals surface area contributed by atoms with E-state index in [9.17, 15) is 9.18 Å². The first kappa shape index (κ1) is 14.4. The second-order valence-corrected chi connectivity index (χ2v) is 5.20. The van der Waals surface area contributed by atoms with Crippen LogP contribution in [0.3, 0.4) is 0 Å². The third-order valence-electron chi connectivity index (χ3n) is 3.27. The van der Waals surface area contributed by atoms with Gasteiger partial charge in [0, 0.05) is 30.1 Å². The van der Waals surface area contributed by atoms with E-state index < -0.39 is 5.82 Å². The summed E-state index contributed by atoms with van der Waals surface area (Å²) in [6.45, 7) is 4.02. The van der Waals surface area contributed by atoms with Gasteiger partial charge in [0.1, 0.15) is 5.82 Å². The molecule has 0 amide bonds. The molecule has 2 rings (SSSR count). The van der Waals surface area contributed by atoms with E-state index in [1.165, 1.54) is 6.07 Å². The number of halogens is 2. The summed E-state index contributed by atoms with van der Waals surface area (Å²) in [7, 11) is 0. The first-order valence-corrected chi connectivity index (χ1v) is 6.92. The van der Waals surface area contributed by atoms with E-state index in [0.29, 0.717) is 17.1 Å². The van der Waals surface area contributed by atoms with Crippen LogP contribution >= 0.6 is 11.6 Å². The van der Waals surface area contributed by atoms with Gasteiger partial charge in [-0.25, -0.2) is 4.39 Å². The lowest BCUT2D eigenvalue weighted by atomic mass is 10.1. The average Bonchev–Trinajstić information content (AvgIpc) is 2.63. The van der Waals surface area contributed by atoms with Gasteiger partial charge < -0.3 is 5.32 Å². The molecule has 1 aliphatic rings. The maximum absolute atomic E-state index is 13.6. The third kappa shape index (κ3) is 4.27. The van der Waals surface area contributed by atoms with E-state index in [4.69, 9.17) is 11.6 Å². The molecule has 1 N–H and O–H groups in total. The fraction of sp³-hybridized carbons (Fsp3) is 0.500. The fourth-order valence-electron chi connectivity index (χ4n) is 2.26. The highest BCUT2D eigenvalue weighted by Crippen LogP contribution is 2.19. The maximum Gasteiger partial charge on any atom is 0.151 e. The first-order valence-electron chi connectivity index (χ1n) is 6.54. The molecule has 0 aromatic heterocycles. The van der Waals surface area contributed by atoms with E-state index in [0.717, 1.165) is 32.6 Å². The van der Waals surface area contributed by atoms with Crippen molar-refractivity contribution >= 4 is 17.4 Å². The van der Waals surface area contributed by atoms with Gasteiger partial charge in [-0.15, -0.1) is 0 Å². The second kappa shape index (κ2) is 6.98. The molecule has 19 heavy (non-hydrogen) atoms. The minimum Gasteiger partial charge on any atom is -0.315 e. The van der Waals surface area contributed by atoms with Gasteiger partial charge in [0.2, 0.25) is 0 Å². The van der Waals surface area contributed by atoms with Crippen LogP contribution in [0.15, 0.2) is 18.2 Å². The van der Waals surface area contributed by atoms with Gasteiger partial charge in [-0.05, 0) is 31.6 Å². The molecule has 1 aliphatic heterocycles. The Morgan fingerprint density at radius 2 is 2.21 bits per heavy atom. The quantitative estimate of drug-likeness (QED) is 0.916. The highest BCUT2D eigenvalue weighted by Gasteiger charge is 2.16. The summed E-state index contributed by atoms with van der Waals surface area (Å²) in [6.07, 6.45) is 1.10. The van der Waals surface area contributed by atoms with Crippen LogP contribution in [0.5, 0.6) is 0 Å². The number of carbonyl (C=O) groups excluding carboxylic acids is 1. The number of rotatable bonds is 4. The fourth-order valence-corrected chi connectivity index (χ4v) is 2.49. The SMILES string of the molecule is O=C(Cc1c(F)cccc1Cl)CN1CCCNCC1. The molecule has 0 spiro atoms. The molecular formula is C14H18ClFN2O. The van der Waals surface area contributed by atoms with E-state index in [2.05, 4.69) is 10.2 Å². The van der Waals surface area contributed by atoms with Crippen molar-refractivity contribution in [3.63, 3.8) is 0 Å². The van der Waals surface area contributed by atoms with Crippen molar-refractivity contribution in [1.29, 1.82) is 0 Å². The van der Waals surface area contributed by atoms with Crippen LogP contribution in [0.1, 0.15) is 12.0 Å². The monoisotopic (exact) mass is 284 g/mol. The van der Waals surface area contributed by atoms with Crippen molar-refractivity contribution < 1.29 is 9.18 Å². The van der Waals surface area contributed by atoms with Gasteiger partial charge in [-0.1, -0.05) is 17.7 Å². The number of benzene rings is 1. The summed E-state index contributed by atoms with van der Waals surface area (Å²) < 4.78 is 13.6. The Balaban J connectivity index is 1.93. The minimum absolute atomic E-state index is 0.00824. The minimum atomic E-state index is -0.404. The largest absolute Gasteiger partial charge is 0.315 e. The number of hydrogen-bond acceptors (Lipinski definition) is 3. The van der Waals surface area contributed by atoms with Gasteiger partial charge in [-0.2, -0.15) is 0 Å². The van der Waals surface area contributed by atoms with Gasteiger partial charge in [0.05, 0.1) is 6.54 Å². The van der Waals surface area contributed by atoms with Gasteiger partial charge in [-0.3, -0.25) is 9.69 Å².